The maximum atomic E-state index is 12.8. The number of benzene rings is 1. The maximum absolute atomic E-state index is 12.8. The van der Waals surface area contributed by atoms with Gasteiger partial charge in [0.1, 0.15) is 5.82 Å². The zero-order chi connectivity index (χ0) is 23.0. The molecule has 4 rings (SSSR count). The topological polar surface area (TPSA) is 92.6 Å². The summed E-state index contributed by atoms with van der Waals surface area (Å²) in [5.41, 5.74) is 1.92. The summed E-state index contributed by atoms with van der Waals surface area (Å²) in [6.07, 6.45) is 10.8. The number of carbonyl (C=O) groups is 1. The number of nitrogens with one attached hydrogen (secondary N) is 2. The van der Waals surface area contributed by atoms with Gasteiger partial charge in [-0.05, 0) is 80.5 Å². The lowest BCUT2D eigenvalue weighted by Gasteiger charge is -2.30. The fourth-order valence-corrected chi connectivity index (χ4v) is 4.81. The fraction of sp³-hybridized carbons (Fsp3) is 0.500. The molecule has 1 amide bonds. The van der Waals surface area contributed by atoms with Gasteiger partial charge in [-0.1, -0.05) is 24.6 Å². The molecule has 0 radical (unpaired) electrons. The number of aromatic nitrogens is 1. The molecule has 3 heterocycles. The highest BCUT2D eigenvalue weighted by molar-refractivity contribution is 6.09. The van der Waals surface area contributed by atoms with Crippen LogP contribution >= 0.6 is 0 Å². The van der Waals surface area contributed by atoms with E-state index >= 15 is 0 Å². The van der Waals surface area contributed by atoms with Crippen LogP contribution in [0.4, 0.5) is 5.82 Å². The Kier molecular flexibility index (Phi) is 8.20. The Morgan fingerprint density at radius 3 is 2.61 bits per heavy atom. The summed E-state index contributed by atoms with van der Waals surface area (Å²) < 4.78 is 0. The second kappa shape index (κ2) is 11.5. The van der Waals surface area contributed by atoms with Crippen LogP contribution in [0.3, 0.4) is 0 Å². The fourth-order valence-electron chi connectivity index (χ4n) is 4.81. The second-order valence-corrected chi connectivity index (χ2v) is 9.13. The predicted octanol–water partition coefficient (Wildman–Crippen LogP) is 3.40. The lowest BCUT2D eigenvalue weighted by Crippen LogP contribution is -2.39. The number of aliphatic hydroxyl groups is 1. The molecule has 0 bridgehead atoms. The number of anilines is 1. The Labute approximate surface area is 196 Å². The summed E-state index contributed by atoms with van der Waals surface area (Å²) in [5.74, 6) is 0.561. The Balaban J connectivity index is 1.43. The van der Waals surface area contributed by atoms with E-state index in [-0.39, 0.29) is 18.4 Å². The molecule has 0 saturated carbocycles. The zero-order valence-electron chi connectivity index (χ0n) is 19.3. The minimum absolute atomic E-state index is 0.0169. The number of β-amino-alcohol motifs (C(OH)–C–C–N with tert-alkyl or cyclic N) is 1. The van der Waals surface area contributed by atoms with Crippen LogP contribution in [-0.2, 0) is 4.79 Å². The van der Waals surface area contributed by atoms with Gasteiger partial charge in [0, 0.05) is 36.8 Å². The van der Waals surface area contributed by atoms with Gasteiger partial charge < -0.3 is 20.7 Å². The number of amides is 1. The number of rotatable bonds is 8. The molecular weight excluding hydrogens is 414 g/mol. The molecule has 3 N–H and O–H groups in total. The summed E-state index contributed by atoms with van der Waals surface area (Å²) in [4.78, 5) is 21.8. The van der Waals surface area contributed by atoms with Crippen molar-refractivity contribution in [3.05, 3.63) is 42.1 Å². The predicted molar refractivity (Wildman–Crippen MR) is 134 cm³/mol. The summed E-state index contributed by atoms with van der Waals surface area (Å²) in [6, 6.07) is 8.06. The van der Waals surface area contributed by atoms with E-state index in [9.17, 15) is 4.79 Å². The van der Waals surface area contributed by atoms with Crippen molar-refractivity contribution in [3.8, 4) is 0 Å². The van der Waals surface area contributed by atoms with Crippen LogP contribution in [0.15, 0.2) is 36.5 Å². The van der Waals surface area contributed by atoms with Crippen molar-refractivity contribution in [1.82, 2.24) is 14.8 Å². The van der Waals surface area contributed by atoms with Gasteiger partial charge in [-0.25, -0.2) is 4.98 Å². The normalized spacial score (nSPS) is 19.0. The zero-order valence-corrected chi connectivity index (χ0v) is 19.3. The van der Waals surface area contributed by atoms with E-state index in [1.807, 2.05) is 18.2 Å². The summed E-state index contributed by atoms with van der Waals surface area (Å²) in [7, 11) is 0. The van der Waals surface area contributed by atoms with Gasteiger partial charge >= 0.3 is 0 Å². The molecule has 0 atom stereocenters. The van der Waals surface area contributed by atoms with E-state index in [2.05, 4.69) is 32.2 Å². The monoisotopic (exact) mass is 449 g/mol. The number of fused-ring (bicyclic) bond motifs is 1. The summed E-state index contributed by atoms with van der Waals surface area (Å²) in [6.45, 7) is 5.65. The highest BCUT2D eigenvalue weighted by Gasteiger charge is 2.25. The number of allylic oxidation sites excluding steroid dienone is 1. The molecule has 2 aromatic rings. The van der Waals surface area contributed by atoms with E-state index < -0.39 is 0 Å². The van der Waals surface area contributed by atoms with Crippen LogP contribution in [0.2, 0.25) is 0 Å². The third-order valence-corrected chi connectivity index (χ3v) is 6.85. The number of pyridine rings is 1. The van der Waals surface area contributed by atoms with E-state index in [0.717, 1.165) is 67.5 Å². The molecule has 1 aromatic carbocycles. The summed E-state index contributed by atoms with van der Waals surface area (Å²) in [5, 5.41) is 22.0. The first kappa shape index (κ1) is 23.5. The van der Waals surface area contributed by atoms with Crippen molar-refractivity contribution in [2.24, 2.45) is 5.92 Å². The molecule has 2 aliphatic heterocycles. The lowest BCUT2D eigenvalue weighted by atomic mass is 9.96. The molecule has 176 valence electrons. The number of piperidine rings is 2. The van der Waals surface area contributed by atoms with Crippen molar-refractivity contribution >= 4 is 34.3 Å². The van der Waals surface area contributed by atoms with Crippen molar-refractivity contribution in [2.75, 3.05) is 51.2 Å². The van der Waals surface area contributed by atoms with Gasteiger partial charge in [0.15, 0.2) is 0 Å². The molecule has 0 aliphatic carbocycles. The van der Waals surface area contributed by atoms with Crippen LogP contribution in [0.5, 0.6) is 0 Å². The van der Waals surface area contributed by atoms with Gasteiger partial charge in [0.2, 0.25) is 5.91 Å². The quantitative estimate of drug-likeness (QED) is 0.537. The highest BCUT2D eigenvalue weighted by Crippen LogP contribution is 2.24. The molecule has 2 aliphatic rings. The number of aliphatic hydroxyl groups excluding tert-OH is 1. The van der Waals surface area contributed by atoms with Gasteiger partial charge in [-0.2, -0.15) is 0 Å². The Hall–Kier alpha value is -2.61. The van der Waals surface area contributed by atoms with Crippen LogP contribution < -0.4 is 5.32 Å². The second-order valence-electron chi connectivity index (χ2n) is 9.13. The maximum Gasteiger partial charge on any atom is 0.228 e. The number of likely N-dealkylation sites (tertiary alicyclic amines) is 2. The third-order valence-electron chi connectivity index (χ3n) is 6.85. The minimum atomic E-state index is -0.0222. The van der Waals surface area contributed by atoms with Crippen molar-refractivity contribution < 1.29 is 9.90 Å². The first-order valence-electron chi connectivity index (χ1n) is 12.1. The average molecular weight is 450 g/mol. The molecule has 0 unspecified atom stereocenters. The molecule has 0 spiro atoms. The first-order valence-corrected chi connectivity index (χ1v) is 12.1. The number of nitrogens with zero attached hydrogens (tertiary/aromatic N) is 3. The molecule has 2 fully saturated rings. The Morgan fingerprint density at radius 2 is 1.88 bits per heavy atom. The number of hydrogen-bond donors (Lipinski definition) is 3. The van der Waals surface area contributed by atoms with Crippen LogP contribution in [0, 0.1) is 11.3 Å². The Morgan fingerprint density at radius 1 is 1.09 bits per heavy atom. The van der Waals surface area contributed by atoms with Crippen molar-refractivity contribution in [3.63, 3.8) is 0 Å². The number of carbonyl (C=O) groups excluding carboxylic acids is 1. The van der Waals surface area contributed by atoms with E-state index in [4.69, 9.17) is 10.5 Å². The van der Waals surface area contributed by atoms with Gasteiger partial charge in [0.25, 0.3) is 0 Å². The molecular formula is C26H35N5O2. The molecule has 33 heavy (non-hydrogen) atoms. The molecule has 7 heteroatoms. The highest BCUT2D eigenvalue weighted by atomic mass is 16.3. The smallest absolute Gasteiger partial charge is 0.228 e. The standard InChI is InChI=1S/C26H35N5O2/c27-18-22(8-13-30-9-2-1-3-10-30)21-4-5-23-19-28-25(17-24(23)16-21)29-26(33)20-6-11-31(12-7-20)14-15-32/h4-5,8,16-20,27,32H,1-3,6-7,9-15H2,(H,28,29,33)/b22-8-,27-18?. The van der Waals surface area contributed by atoms with Crippen LogP contribution in [0.1, 0.15) is 37.7 Å². The SMILES string of the molecule is N=C/C(=C/CN1CCCCC1)c1ccc2cnc(NC(=O)C3CCN(CCO)CC3)cc2c1. The van der Waals surface area contributed by atoms with E-state index in [0.29, 0.717) is 12.4 Å². The van der Waals surface area contributed by atoms with Crippen molar-refractivity contribution in [2.45, 2.75) is 32.1 Å². The molecule has 2 saturated heterocycles. The average Bonchev–Trinajstić information content (AvgIpc) is 2.85. The lowest BCUT2D eigenvalue weighted by molar-refractivity contribution is -0.121. The molecule has 1 aromatic heterocycles. The van der Waals surface area contributed by atoms with Crippen molar-refractivity contribution in [1.29, 1.82) is 5.41 Å². The van der Waals surface area contributed by atoms with Gasteiger partial charge in [-0.15, -0.1) is 0 Å². The van der Waals surface area contributed by atoms with Crippen LogP contribution in [-0.4, -0.2) is 77.9 Å². The first-order chi connectivity index (χ1) is 16.2. The van der Waals surface area contributed by atoms with Gasteiger partial charge in [0.05, 0.1) is 6.61 Å². The minimum Gasteiger partial charge on any atom is -0.395 e. The van der Waals surface area contributed by atoms with Gasteiger partial charge in [-0.3, -0.25) is 9.69 Å². The van der Waals surface area contributed by atoms with E-state index in [1.165, 1.54) is 25.5 Å². The number of hydrogen-bond acceptors (Lipinski definition) is 6. The molecule has 7 nitrogen and oxygen atoms in total. The summed E-state index contributed by atoms with van der Waals surface area (Å²) >= 11 is 0. The largest absolute Gasteiger partial charge is 0.395 e. The third kappa shape index (κ3) is 6.25. The van der Waals surface area contributed by atoms with Crippen LogP contribution in [0.25, 0.3) is 16.3 Å². The Bertz CT molecular complexity index is 991. The van der Waals surface area contributed by atoms with E-state index in [1.54, 1.807) is 6.20 Å².